The van der Waals surface area contributed by atoms with E-state index in [0.717, 1.165) is 16.5 Å². The Bertz CT molecular complexity index is 782. The second kappa shape index (κ2) is 3.71. The molecule has 0 amide bonds. The molecule has 0 radical (unpaired) electrons. The van der Waals surface area contributed by atoms with Crippen LogP contribution >= 0.6 is 0 Å². The Hall–Kier alpha value is -2.56. The number of ether oxygens (including phenoxy) is 2. The molecule has 4 nitrogen and oxygen atoms in total. The Morgan fingerprint density at radius 3 is 3.11 bits per heavy atom. The van der Waals surface area contributed by atoms with E-state index in [9.17, 15) is 4.39 Å². The lowest BCUT2D eigenvalue weighted by molar-refractivity contribution is 0.174. The molecular weight excluding hydrogens is 247 g/mol. The normalized spacial score (nSPS) is 13.1. The fourth-order valence-corrected chi connectivity index (χ4v) is 2.34. The molecule has 0 saturated heterocycles. The second-order valence-electron chi connectivity index (χ2n) is 4.29. The van der Waals surface area contributed by atoms with Crippen LogP contribution in [-0.2, 0) is 0 Å². The first-order chi connectivity index (χ1) is 9.33. The number of para-hydroxylation sites is 1. The lowest BCUT2D eigenvalue weighted by Gasteiger charge is -2.04. The summed E-state index contributed by atoms with van der Waals surface area (Å²) in [5.74, 6) is 1.03. The van der Waals surface area contributed by atoms with E-state index in [4.69, 9.17) is 9.47 Å². The van der Waals surface area contributed by atoms with Crippen LogP contribution in [0.1, 0.15) is 0 Å². The van der Waals surface area contributed by atoms with Gasteiger partial charge >= 0.3 is 0 Å². The molecular formula is C14H9FN2O2. The van der Waals surface area contributed by atoms with Crippen molar-refractivity contribution in [2.24, 2.45) is 0 Å². The minimum Gasteiger partial charge on any atom is -0.454 e. The molecule has 94 valence electrons. The number of benzene rings is 1. The summed E-state index contributed by atoms with van der Waals surface area (Å²) in [5, 5.41) is 0.726. The largest absolute Gasteiger partial charge is 0.454 e. The molecule has 0 saturated carbocycles. The summed E-state index contributed by atoms with van der Waals surface area (Å²) in [7, 11) is 0. The first-order valence-electron chi connectivity index (χ1n) is 5.84. The fourth-order valence-electron chi connectivity index (χ4n) is 2.34. The first kappa shape index (κ1) is 10.4. The first-order valence-corrected chi connectivity index (χ1v) is 5.84. The zero-order valence-corrected chi connectivity index (χ0v) is 9.81. The van der Waals surface area contributed by atoms with Crippen molar-refractivity contribution < 1.29 is 13.9 Å². The summed E-state index contributed by atoms with van der Waals surface area (Å²) in [6.45, 7) is 0.210. The number of nitrogens with one attached hydrogen (secondary N) is 1. The minimum atomic E-state index is -0.363. The molecule has 1 aromatic carbocycles. The maximum atomic E-state index is 13.4. The highest BCUT2D eigenvalue weighted by molar-refractivity contribution is 5.95. The van der Waals surface area contributed by atoms with Gasteiger partial charge in [-0.05, 0) is 12.1 Å². The average Bonchev–Trinajstić information content (AvgIpc) is 3.03. The highest BCUT2D eigenvalue weighted by Gasteiger charge is 2.20. The number of nitrogens with zero attached hydrogens (tertiary/aromatic N) is 1. The molecule has 1 aliphatic heterocycles. The van der Waals surface area contributed by atoms with Gasteiger partial charge in [0.2, 0.25) is 6.79 Å². The molecule has 3 aromatic rings. The van der Waals surface area contributed by atoms with Crippen LogP contribution in [0.2, 0.25) is 0 Å². The molecule has 19 heavy (non-hydrogen) atoms. The van der Waals surface area contributed by atoms with Gasteiger partial charge in [0, 0.05) is 22.7 Å². The summed E-state index contributed by atoms with van der Waals surface area (Å²) in [6, 6.07) is 7.11. The summed E-state index contributed by atoms with van der Waals surface area (Å²) >= 11 is 0. The topological polar surface area (TPSA) is 47.1 Å². The van der Waals surface area contributed by atoms with Gasteiger partial charge in [0.1, 0.15) is 11.5 Å². The molecule has 0 fully saturated rings. The molecule has 0 bridgehead atoms. The minimum absolute atomic E-state index is 0.210. The molecule has 0 spiro atoms. The quantitative estimate of drug-likeness (QED) is 0.727. The van der Waals surface area contributed by atoms with Crippen molar-refractivity contribution in [2.75, 3.05) is 6.79 Å². The van der Waals surface area contributed by atoms with Crippen molar-refractivity contribution in [1.82, 2.24) is 9.97 Å². The number of halogens is 1. The molecule has 0 aliphatic carbocycles. The summed E-state index contributed by atoms with van der Waals surface area (Å²) in [4.78, 5) is 7.05. The van der Waals surface area contributed by atoms with E-state index in [1.54, 1.807) is 6.20 Å². The van der Waals surface area contributed by atoms with Crippen LogP contribution in [0.25, 0.3) is 22.2 Å². The summed E-state index contributed by atoms with van der Waals surface area (Å²) in [5.41, 5.74) is 2.37. The van der Waals surface area contributed by atoms with Crippen LogP contribution < -0.4 is 9.47 Å². The number of pyridine rings is 1. The molecule has 0 unspecified atom stereocenters. The third-order valence-corrected chi connectivity index (χ3v) is 3.18. The predicted molar refractivity (Wildman–Crippen MR) is 67.6 cm³/mol. The van der Waals surface area contributed by atoms with Crippen molar-refractivity contribution in [3.63, 3.8) is 0 Å². The highest BCUT2D eigenvalue weighted by atomic mass is 19.1. The van der Waals surface area contributed by atoms with Crippen molar-refractivity contribution in [1.29, 1.82) is 0 Å². The standard InChI is InChI=1S/C14H9FN2O2/c15-8-4-10-11(6-17-14(10)16-5-8)9-2-1-3-12-13(9)19-7-18-12/h1-6H,7H2,(H,16,17). The van der Waals surface area contributed by atoms with E-state index >= 15 is 0 Å². The lowest BCUT2D eigenvalue weighted by Crippen LogP contribution is -1.93. The van der Waals surface area contributed by atoms with Crippen LogP contribution in [0, 0.1) is 5.82 Å². The summed E-state index contributed by atoms with van der Waals surface area (Å²) < 4.78 is 24.2. The zero-order valence-electron chi connectivity index (χ0n) is 9.81. The number of aromatic amines is 1. The van der Waals surface area contributed by atoms with Crippen molar-refractivity contribution in [3.05, 3.63) is 42.5 Å². The summed E-state index contributed by atoms with van der Waals surface area (Å²) in [6.07, 6.45) is 2.99. The zero-order chi connectivity index (χ0) is 12.8. The number of aromatic nitrogens is 2. The lowest BCUT2D eigenvalue weighted by atomic mass is 10.0. The van der Waals surface area contributed by atoms with Gasteiger partial charge in [-0.3, -0.25) is 0 Å². The van der Waals surface area contributed by atoms with E-state index in [-0.39, 0.29) is 12.6 Å². The number of H-pyrrole nitrogens is 1. The molecule has 1 aliphatic rings. The van der Waals surface area contributed by atoms with Gasteiger partial charge in [-0.2, -0.15) is 0 Å². The molecule has 4 rings (SSSR count). The van der Waals surface area contributed by atoms with Gasteiger partial charge in [-0.15, -0.1) is 0 Å². The van der Waals surface area contributed by atoms with E-state index in [2.05, 4.69) is 9.97 Å². The van der Waals surface area contributed by atoms with Crippen molar-refractivity contribution >= 4 is 11.0 Å². The Morgan fingerprint density at radius 1 is 1.21 bits per heavy atom. The Labute approximate surface area is 107 Å². The second-order valence-corrected chi connectivity index (χ2v) is 4.29. The monoisotopic (exact) mass is 256 g/mol. The van der Waals surface area contributed by atoms with Gasteiger partial charge in [-0.25, -0.2) is 9.37 Å². The van der Waals surface area contributed by atoms with E-state index < -0.39 is 0 Å². The maximum Gasteiger partial charge on any atom is 0.231 e. The SMILES string of the molecule is Fc1cnc2[nH]cc(-c3cccc4c3OCO4)c2c1. The Balaban J connectivity index is 2.01. The number of hydrogen-bond donors (Lipinski definition) is 1. The van der Waals surface area contributed by atoms with E-state index in [1.165, 1.54) is 12.3 Å². The Kier molecular flexibility index (Phi) is 2.03. The fraction of sp³-hybridized carbons (Fsp3) is 0.0714. The highest BCUT2D eigenvalue weighted by Crippen LogP contribution is 2.43. The number of rotatable bonds is 1. The average molecular weight is 256 g/mol. The number of fused-ring (bicyclic) bond motifs is 2. The van der Waals surface area contributed by atoms with E-state index in [1.807, 2.05) is 18.2 Å². The third-order valence-electron chi connectivity index (χ3n) is 3.18. The molecule has 5 heteroatoms. The van der Waals surface area contributed by atoms with E-state index in [0.29, 0.717) is 17.1 Å². The van der Waals surface area contributed by atoms with Gasteiger partial charge in [0.15, 0.2) is 11.5 Å². The van der Waals surface area contributed by atoms with Gasteiger partial charge in [0.25, 0.3) is 0 Å². The maximum absolute atomic E-state index is 13.4. The van der Waals surface area contributed by atoms with Gasteiger partial charge < -0.3 is 14.5 Å². The van der Waals surface area contributed by atoms with Gasteiger partial charge in [0.05, 0.1) is 6.20 Å². The van der Waals surface area contributed by atoms with Crippen LogP contribution in [0.15, 0.2) is 36.7 Å². The third kappa shape index (κ3) is 1.48. The number of hydrogen-bond acceptors (Lipinski definition) is 3. The van der Waals surface area contributed by atoms with Crippen molar-refractivity contribution in [2.45, 2.75) is 0 Å². The smallest absolute Gasteiger partial charge is 0.231 e. The predicted octanol–water partition coefficient (Wildman–Crippen LogP) is 3.10. The Morgan fingerprint density at radius 2 is 2.16 bits per heavy atom. The molecule has 0 atom stereocenters. The molecule has 1 N–H and O–H groups in total. The van der Waals surface area contributed by atoms with Crippen molar-refractivity contribution in [3.8, 4) is 22.6 Å². The van der Waals surface area contributed by atoms with Gasteiger partial charge in [-0.1, -0.05) is 12.1 Å². The van der Waals surface area contributed by atoms with Crippen LogP contribution in [0.5, 0.6) is 11.5 Å². The molecule has 2 aromatic heterocycles. The molecule has 3 heterocycles. The van der Waals surface area contributed by atoms with Crippen LogP contribution in [0.4, 0.5) is 4.39 Å². The van der Waals surface area contributed by atoms with Crippen LogP contribution in [0.3, 0.4) is 0 Å². The van der Waals surface area contributed by atoms with Crippen LogP contribution in [-0.4, -0.2) is 16.8 Å².